The standard InChI is InChI=1S/C17H17FN4O2/c18-12-4-3-6-15(8-12)22-11-14(9-16(22)23)21-17(24)20-10-13-5-1-2-7-19-13/h1-8,14H,9-11H2,(H2,20,21,24)/t14-/m0/s1. The molecule has 2 heterocycles. The van der Waals surface area contributed by atoms with Crippen molar-refractivity contribution in [3.8, 4) is 0 Å². The lowest BCUT2D eigenvalue weighted by molar-refractivity contribution is -0.117. The van der Waals surface area contributed by atoms with Gasteiger partial charge in [0.15, 0.2) is 0 Å². The number of benzene rings is 1. The number of hydrogen-bond donors (Lipinski definition) is 2. The number of aromatic nitrogens is 1. The fourth-order valence-corrected chi connectivity index (χ4v) is 2.61. The Balaban J connectivity index is 1.53. The molecule has 1 fully saturated rings. The van der Waals surface area contributed by atoms with Gasteiger partial charge in [0, 0.05) is 24.8 Å². The number of anilines is 1. The minimum Gasteiger partial charge on any atom is -0.333 e. The average molecular weight is 328 g/mol. The normalized spacial score (nSPS) is 17.0. The van der Waals surface area contributed by atoms with E-state index in [1.54, 1.807) is 24.4 Å². The van der Waals surface area contributed by atoms with Crippen molar-refractivity contribution in [1.29, 1.82) is 0 Å². The molecule has 1 aromatic heterocycles. The topological polar surface area (TPSA) is 74.3 Å². The SMILES string of the molecule is O=C(NCc1ccccn1)N[C@H]1CC(=O)N(c2cccc(F)c2)C1. The van der Waals surface area contributed by atoms with Crippen molar-refractivity contribution in [2.45, 2.75) is 19.0 Å². The van der Waals surface area contributed by atoms with Crippen LogP contribution in [0.1, 0.15) is 12.1 Å². The largest absolute Gasteiger partial charge is 0.333 e. The Kier molecular flexibility index (Phi) is 4.69. The molecule has 2 N–H and O–H groups in total. The number of amides is 3. The minimum atomic E-state index is -0.398. The molecular weight excluding hydrogens is 311 g/mol. The predicted molar refractivity (Wildman–Crippen MR) is 86.8 cm³/mol. The number of hydrogen-bond acceptors (Lipinski definition) is 3. The van der Waals surface area contributed by atoms with Crippen LogP contribution in [0, 0.1) is 5.82 Å². The summed E-state index contributed by atoms with van der Waals surface area (Å²) in [7, 11) is 0. The monoisotopic (exact) mass is 328 g/mol. The van der Waals surface area contributed by atoms with Crippen LogP contribution in [0.2, 0.25) is 0 Å². The lowest BCUT2D eigenvalue weighted by atomic mass is 10.2. The first kappa shape index (κ1) is 15.9. The van der Waals surface area contributed by atoms with E-state index in [0.717, 1.165) is 5.69 Å². The van der Waals surface area contributed by atoms with Gasteiger partial charge >= 0.3 is 6.03 Å². The highest BCUT2D eigenvalue weighted by Crippen LogP contribution is 2.22. The second kappa shape index (κ2) is 7.08. The molecule has 7 heteroatoms. The summed E-state index contributed by atoms with van der Waals surface area (Å²) in [5.41, 5.74) is 1.25. The molecule has 6 nitrogen and oxygen atoms in total. The first-order chi connectivity index (χ1) is 11.6. The van der Waals surface area contributed by atoms with Crippen molar-refractivity contribution in [2.24, 2.45) is 0 Å². The van der Waals surface area contributed by atoms with Crippen LogP contribution in [-0.4, -0.2) is 29.5 Å². The van der Waals surface area contributed by atoms with Crippen LogP contribution >= 0.6 is 0 Å². The summed E-state index contributed by atoms with van der Waals surface area (Å²) in [5, 5.41) is 5.46. The van der Waals surface area contributed by atoms with E-state index in [2.05, 4.69) is 15.6 Å². The maximum Gasteiger partial charge on any atom is 0.315 e. The van der Waals surface area contributed by atoms with Gasteiger partial charge in [0.1, 0.15) is 5.82 Å². The van der Waals surface area contributed by atoms with Crippen LogP contribution in [0.25, 0.3) is 0 Å². The zero-order chi connectivity index (χ0) is 16.9. The molecule has 0 unspecified atom stereocenters. The molecule has 124 valence electrons. The second-order valence-electron chi connectivity index (χ2n) is 5.53. The maximum absolute atomic E-state index is 13.3. The molecule has 2 aromatic rings. The number of nitrogens with one attached hydrogen (secondary N) is 2. The summed E-state index contributed by atoms with van der Waals surface area (Å²) in [6, 6.07) is 10.6. The van der Waals surface area contributed by atoms with E-state index in [0.29, 0.717) is 18.8 Å². The quantitative estimate of drug-likeness (QED) is 0.899. The summed E-state index contributed by atoms with van der Waals surface area (Å²) >= 11 is 0. The van der Waals surface area contributed by atoms with Gasteiger partial charge in [0.25, 0.3) is 0 Å². The van der Waals surface area contributed by atoms with Gasteiger partial charge in [-0.1, -0.05) is 12.1 Å². The highest BCUT2D eigenvalue weighted by atomic mass is 19.1. The summed E-state index contributed by atoms with van der Waals surface area (Å²) in [6.07, 6.45) is 1.84. The van der Waals surface area contributed by atoms with Crippen LogP contribution in [0.4, 0.5) is 14.9 Å². The fourth-order valence-electron chi connectivity index (χ4n) is 2.61. The third-order valence-corrected chi connectivity index (χ3v) is 3.74. The van der Waals surface area contributed by atoms with Crippen molar-refractivity contribution >= 4 is 17.6 Å². The molecular formula is C17H17FN4O2. The lowest BCUT2D eigenvalue weighted by Gasteiger charge is -2.17. The van der Waals surface area contributed by atoms with Crippen molar-refractivity contribution in [3.05, 3.63) is 60.2 Å². The van der Waals surface area contributed by atoms with Crippen molar-refractivity contribution < 1.29 is 14.0 Å². The van der Waals surface area contributed by atoms with E-state index >= 15 is 0 Å². The molecule has 0 aliphatic carbocycles. The van der Waals surface area contributed by atoms with Gasteiger partial charge < -0.3 is 15.5 Å². The third-order valence-electron chi connectivity index (χ3n) is 3.74. The van der Waals surface area contributed by atoms with Gasteiger partial charge in [-0.15, -0.1) is 0 Å². The summed E-state index contributed by atoms with van der Waals surface area (Å²) in [6.45, 7) is 0.625. The van der Waals surface area contributed by atoms with Crippen molar-refractivity contribution in [2.75, 3.05) is 11.4 Å². The zero-order valence-electron chi connectivity index (χ0n) is 12.9. The summed E-state index contributed by atoms with van der Waals surface area (Å²) in [4.78, 5) is 29.6. The predicted octanol–water partition coefficient (Wildman–Crippen LogP) is 1.83. The van der Waals surface area contributed by atoms with Crippen LogP contribution < -0.4 is 15.5 Å². The van der Waals surface area contributed by atoms with Crippen molar-refractivity contribution in [3.63, 3.8) is 0 Å². The average Bonchev–Trinajstić information content (AvgIpc) is 2.94. The first-order valence-corrected chi connectivity index (χ1v) is 7.62. The van der Waals surface area contributed by atoms with E-state index in [4.69, 9.17) is 0 Å². The second-order valence-corrected chi connectivity index (χ2v) is 5.53. The molecule has 1 saturated heterocycles. The third kappa shape index (κ3) is 3.87. The molecule has 1 aliphatic rings. The molecule has 3 amide bonds. The van der Waals surface area contributed by atoms with Gasteiger partial charge in [-0.05, 0) is 30.3 Å². The molecule has 0 bridgehead atoms. The molecule has 0 spiro atoms. The van der Waals surface area contributed by atoms with E-state index < -0.39 is 5.82 Å². The zero-order valence-corrected chi connectivity index (χ0v) is 12.9. The smallest absolute Gasteiger partial charge is 0.315 e. The molecule has 0 saturated carbocycles. The maximum atomic E-state index is 13.3. The van der Waals surface area contributed by atoms with Crippen LogP contribution in [0.5, 0.6) is 0 Å². The Morgan fingerprint density at radius 2 is 2.17 bits per heavy atom. The number of rotatable bonds is 4. The molecule has 24 heavy (non-hydrogen) atoms. The van der Waals surface area contributed by atoms with Crippen molar-refractivity contribution in [1.82, 2.24) is 15.6 Å². The van der Waals surface area contributed by atoms with E-state index in [-0.39, 0.29) is 24.4 Å². The van der Waals surface area contributed by atoms with Crippen LogP contribution in [0.3, 0.4) is 0 Å². The highest BCUT2D eigenvalue weighted by molar-refractivity contribution is 5.96. The summed E-state index contributed by atoms with van der Waals surface area (Å²) < 4.78 is 13.3. The van der Waals surface area contributed by atoms with E-state index in [9.17, 15) is 14.0 Å². The number of carbonyl (C=O) groups excluding carboxylic acids is 2. The minimum absolute atomic E-state index is 0.143. The molecule has 1 aliphatic heterocycles. The van der Waals surface area contributed by atoms with Gasteiger partial charge in [0.05, 0.1) is 18.3 Å². The molecule has 0 radical (unpaired) electrons. The lowest BCUT2D eigenvalue weighted by Crippen LogP contribution is -2.43. The number of nitrogens with zero attached hydrogens (tertiary/aromatic N) is 2. The fraction of sp³-hybridized carbons (Fsp3) is 0.235. The van der Waals surface area contributed by atoms with Gasteiger partial charge in [-0.25, -0.2) is 9.18 Å². The number of carbonyl (C=O) groups is 2. The first-order valence-electron chi connectivity index (χ1n) is 7.62. The van der Waals surface area contributed by atoms with E-state index in [1.165, 1.54) is 17.0 Å². The Hall–Kier alpha value is -2.96. The van der Waals surface area contributed by atoms with Crippen LogP contribution in [0.15, 0.2) is 48.7 Å². The Morgan fingerprint density at radius 3 is 2.92 bits per heavy atom. The molecule has 1 atom stereocenters. The molecule has 1 aromatic carbocycles. The number of urea groups is 1. The Labute approximate surface area is 138 Å². The number of pyridine rings is 1. The Morgan fingerprint density at radius 1 is 1.29 bits per heavy atom. The van der Waals surface area contributed by atoms with Gasteiger partial charge in [0.2, 0.25) is 5.91 Å². The molecule has 3 rings (SSSR count). The van der Waals surface area contributed by atoms with Gasteiger partial charge in [-0.3, -0.25) is 9.78 Å². The number of halogens is 1. The Bertz CT molecular complexity index is 738. The van der Waals surface area contributed by atoms with Crippen LogP contribution in [-0.2, 0) is 11.3 Å². The van der Waals surface area contributed by atoms with Gasteiger partial charge in [-0.2, -0.15) is 0 Å². The van der Waals surface area contributed by atoms with E-state index in [1.807, 2.05) is 12.1 Å². The summed E-state index contributed by atoms with van der Waals surface area (Å²) in [5.74, 6) is -0.541. The highest BCUT2D eigenvalue weighted by Gasteiger charge is 2.31.